The third-order valence-corrected chi connectivity index (χ3v) is 8.82. The first-order valence-electron chi connectivity index (χ1n) is 12.5. The summed E-state index contributed by atoms with van der Waals surface area (Å²) in [6.45, 7) is 5.31. The van der Waals surface area contributed by atoms with E-state index in [2.05, 4.69) is 15.3 Å². The average molecular weight is 451 g/mol. The number of fused-ring (bicyclic) bond motifs is 1. The third kappa shape index (κ3) is 3.65. The lowest BCUT2D eigenvalue weighted by Crippen LogP contribution is -2.53. The maximum atomic E-state index is 13.0. The van der Waals surface area contributed by atoms with Gasteiger partial charge in [0.1, 0.15) is 23.7 Å². The van der Waals surface area contributed by atoms with Gasteiger partial charge in [-0.3, -0.25) is 4.79 Å². The summed E-state index contributed by atoms with van der Waals surface area (Å²) in [7, 11) is 0. The first kappa shape index (κ1) is 21.1. The Balaban J connectivity index is 1.14. The maximum Gasteiger partial charge on any atom is 0.257 e. The van der Waals surface area contributed by atoms with Gasteiger partial charge >= 0.3 is 0 Å². The predicted octanol–water partition coefficient (Wildman–Crippen LogP) is 3.87. The summed E-state index contributed by atoms with van der Waals surface area (Å²) < 4.78 is 5.55. The maximum absolute atomic E-state index is 13.0. The number of aryl methyl sites for hydroxylation is 2. The molecule has 7 nitrogen and oxygen atoms in total. The molecule has 2 N–H and O–H groups in total. The van der Waals surface area contributed by atoms with E-state index in [9.17, 15) is 9.90 Å². The minimum atomic E-state index is -0.342. The Kier molecular flexibility index (Phi) is 5.02. The van der Waals surface area contributed by atoms with E-state index in [-0.39, 0.29) is 17.4 Å². The molecule has 1 atom stereocenters. The number of rotatable bonds is 5. The molecule has 0 aromatic carbocycles. The molecule has 5 aliphatic rings. The summed E-state index contributed by atoms with van der Waals surface area (Å²) in [6, 6.07) is 1.81. The van der Waals surface area contributed by atoms with E-state index in [0.717, 1.165) is 40.6 Å². The number of nitrogens with zero attached hydrogens (tertiary/aromatic N) is 3. The van der Waals surface area contributed by atoms with Gasteiger partial charge < -0.3 is 19.7 Å². The second-order valence-electron chi connectivity index (χ2n) is 11.1. The molecule has 1 unspecified atom stereocenters. The van der Waals surface area contributed by atoms with Crippen LogP contribution >= 0.6 is 0 Å². The van der Waals surface area contributed by atoms with E-state index in [1.54, 1.807) is 6.33 Å². The number of nitrogens with one attached hydrogen (secondary N) is 1. The van der Waals surface area contributed by atoms with Crippen LogP contribution in [0.5, 0.6) is 0 Å². The lowest BCUT2D eigenvalue weighted by molar-refractivity contribution is -0.115. The number of aromatic nitrogens is 2. The van der Waals surface area contributed by atoms with Crippen molar-refractivity contribution < 1.29 is 14.3 Å². The van der Waals surface area contributed by atoms with Crippen molar-refractivity contribution in [2.45, 2.75) is 71.4 Å². The summed E-state index contributed by atoms with van der Waals surface area (Å²) in [5.41, 5.74) is 2.68. The summed E-state index contributed by atoms with van der Waals surface area (Å²) >= 11 is 0. The number of aliphatic hydroxyl groups excluding tert-OH is 1. The number of hydrogen-bond donors (Lipinski definition) is 2. The van der Waals surface area contributed by atoms with Crippen LogP contribution in [0.2, 0.25) is 0 Å². The molecule has 4 fully saturated rings. The quantitative estimate of drug-likeness (QED) is 0.719. The van der Waals surface area contributed by atoms with Gasteiger partial charge in [0.15, 0.2) is 0 Å². The van der Waals surface area contributed by atoms with Crippen LogP contribution in [0.25, 0.3) is 0 Å². The Morgan fingerprint density at radius 3 is 2.55 bits per heavy atom. The normalized spacial score (nSPS) is 30.9. The molecule has 2 aromatic rings. The first-order valence-corrected chi connectivity index (χ1v) is 12.5. The zero-order chi connectivity index (χ0) is 22.7. The Morgan fingerprint density at radius 2 is 1.91 bits per heavy atom. The van der Waals surface area contributed by atoms with Gasteiger partial charge in [0.05, 0.1) is 23.9 Å². The second kappa shape index (κ2) is 7.83. The van der Waals surface area contributed by atoms with Crippen LogP contribution in [-0.2, 0) is 13.0 Å². The van der Waals surface area contributed by atoms with Gasteiger partial charge in [0, 0.05) is 18.7 Å². The molecule has 0 spiro atoms. The Labute approximate surface area is 195 Å². The zero-order valence-corrected chi connectivity index (χ0v) is 19.6. The smallest absolute Gasteiger partial charge is 0.257 e. The average Bonchev–Trinajstić information content (AvgIpc) is 3.13. The molecule has 7 rings (SSSR count). The fraction of sp³-hybridized carbons (Fsp3) is 0.654. The van der Waals surface area contributed by atoms with Crippen LogP contribution in [0.1, 0.15) is 71.7 Å². The van der Waals surface area contributed by atoms with E-state index in [1.165, 1.54) is 38.5 Å². The predicted molar refractivity (Wildman–Crippen MR) is 124 cm³/mol. The van der Waals surface area contributed by atoms with Gasteiger partial charge in [-0.2, -0.15) is 0 Å². The first-order chi connectivity index (χ1) is 15.9. The highest BCUT2D eigenvalue weighted by molar-refractivity contribution is 5.95. The molecule has 4 bridgehead atoms. The van der Waals surface area contributed by atoms with Crippen molar-refractivity contribution in [1.29, 1.82) is 0 Å². The van der Waals surface area contributed by atoms with Crippen LogP contribution in [0.4, 0.5) is 5.82 Å². The minimum absolute atomic E-state index is 0.0136. The summed E-state index contributed by atoms with van der Waals surface area (Å²) in [6.07, 6.45) is 9.64. The van der Waals surface area contributed by atoms with Gasteiger partial charge in [-0.05, 0) is 88.0 Å². The number of hydrogen-bond acceptors (Lipinski definition) is 6. The molecule has 4 saturated carbocycles. The van der Waals surface area contributed by atoms with Gasteiger partial charge in [0.2, 0.25) is 0 Å². The number of carbonyl (C=O) groups excluding carboxylic acids is 1. The summed E-state index contributed by atoms with van der Waals surface area (Å²) in [4.78, 5) is 23.8. The largest absolute Gasteiger partial charge is 0.466 e. The molecule has 1 aliphatic heterocycles. The van der Waals surface area contributed by atoms with E-state index in [1.807, 2.05) is 24.8 Å². The van der Waals surface area contributed by atoms with E-state index >= 15 is 0 Å². The van der Waals surface area contributed by atoms with Crippen LogP contribution in [0.3, 0.4) is 0 Å². The molecule has 3 heterocycles. The topological polar surface area (TPSA) is 91.5 Å². The Bertz CT molecular complexity index is 1040. The molecular weight excluding hydrogens is 416 g/mol. The minimum Gasteiger partial charge on any atom is -0.466 e. The molecule has 2 aromatic heterocycles. The molecule has 176 valence electrons. The van der Waals surface area contributed by atoms with Gasteiger partial charge in [-0.25, -0.2) is 9.97 Å². The highest BCUT2D eigenvalue weighted by atomic mass is 16.3. The van der Waals surface area contributed by atoms with Crippen molar-refractivity contribution in [3.63, 3.8) is 0 Å². The number of carbonyl (C=O) groups is 1. The Hall–Kier alpha value is -2.41. The van der Waals surface area contributed by atoms with Crippen LogP contribution in [-0.4, -0.2) is 45.1 Å². The van der Waals surface area contributed by atoms with E-state index in [4.69, 9.17) is 4.42 Å². The molecule has 4 aliphatic carbocycles. The molecule has 7 heteroatoms. The molecular formula is C26H34N4O3. The second-order valence-corrected chi connectivity index (χ2v) is 11.1. The lowest BCUT2D eigenvalue weighted by atomic mass is 9.48. The van der Waals surface area contributed by atoms with Crippen LogP contribution in [0.15, 0.2) is 16.8 Å². The number of anilines is 1. The standard InChI is InChI=1S/C26H34N4O3/c1-15-5-21(16(2)33-15)25(32)30-4-3-20-22(13-30)28-14-29-24(20)27-12-23(31)26-9-17-6-18(10-26)8-19(7-17)11-26/h5,14,17-19,23,31H,3-4,6-13H2,1-2H3,(H,27,28,29). The SMILES string of the molecule is Cc1cc(C(=O)N2CCc3c(ncnc3NCC(O)C34CC5CC(CC(C5)C3)C4)C2)c(C)o1. The van der Waals surface area contributed by atoms with Gasteiger partial charge in [-0.1, -0.05) is 0 Å². The highest BCUT2D eigenvalue weighted by Gasteiger charge is 2.53. The number of amides is 1. The van der Waals surface area contributed by atoms with Crippen molar-refractivity contribution >= 4 is 11.7 Å². The number of aliphatic hydroxyl groups is 1. The summed E-state index contributed by atoms with van der Waals surface area (Å²) in [5, 5.41) is 14.7. The van der Waals surface area contributed by atoms with E-state index in [0.29, 0.717) is 37.4 Å². The van der Waals surface area contributed by atoms with Crippen LogP contribution in [0, 0.1) is 37.0 Å². The number of furan rings is 1. The monoisotopic (exact) mass is 450 g/mol. The molecule has 0 saturated heterocycles. The highest BCUT2D eigenvalue weighted by Crippen LogP contribution is 2.61. The van der Waals surface area contributed by atoms with Crippen LogP contribution < -0.4 is 5.32 Å². The van der Waals surface area contributed by atoms with Crippen molar-refractivity contribution in [3.05, 3.63) is 40.7 Å². The van der Waals surface area contributed by atoms with Crippen molar-refractivity contribution in [1.82, 2.24) is 14.9 Å². The third-order valence-electron chi connectivity index (χ3n) is 8.82. The summed E-state index contributed by atoms with van der Waals surface area (Å²) in [5.74, 6) is 4.68. The molecule has 0 radical (unpaired) electrons. The molecule has 1 amide bonds. The van der Waals surface area contributed by atoms with Crippen molar-refractivity contribution in [2.75, 3.05) is 18.4 Å². The fourth-order valence-electron chi connectivity index (χ4n) is 7.69. The fourth-order valence-corrected chi connectivity index (χ4v) is 7.69. The van der Waals surface area contributed by atoms with Crippen molar-refractivity contribution in [2.24, 2.45) is 23.2 Å². The van der Waals surface area contributed by atoms with Crippen molar-refractivity contribution in [3.8, 4) is 0 Å². The van der Waals surface area contributed by atoms with Gasteiger partial charge in [0.25, 0.3) is 5.91 Å². The Morgan fingerprint density at radius 1 is 1.21 bits per heavy atom. The van der Waals surface area contributed by atoms with Gasteiger partial charge in [-0.15, -0.1) is 0 Å². The zero-order valence-electron chi connectivity index (χ0n) is 19.6. The lowest BCUT2D eigenvalue weighted by Gasteiger charge is -2.58. The molecule has 33 heavy (non-hydrogen) atoms. The van der Waals surface area contributed by atoms with E-state index < -0.39 is 0 Å².